The first-order chi connectivity index (χ1) is 8.56. The average Bonchev–Trinajstić information content (AvgIpc) is 2.33. The Kier molecular flexibility index (Phi) is 5.67. The van der Waals surface area contributed by atoms with Crippen LogP contribution in [-0.2, 0) is 16.0 Å². The number of hydrogen-bond acceptors (Lipinski definition) is 3. The molecule has 0 aromatic heterocycles. The van der Waals surface area contributed by atoms with Gasteiger partial charge in [-0.3, -0.25) is 4.79 Å². The van der Waals surface area contributed by atoms with E-state index in [1.54, 1.807) is 0 Å². The summed E-state index contributed by atoms with van der Waals surface area (Å²) in [5.41, 5.74) is 0.362. The number of hydrogen-bond donors (Lipinski definition) is 2. The molecule has 1 aromatic carbocycles. The lowest BCUT2D eigenvalue weighted by atomic mass is 10.1. The lowest BCUT2D eigenvalue weighted by molar-refractivity contribution is -0.121. The van der Waals surface area contributed by atoms with E-state index in [-0.39, 0.29) is 19.6 Å². The van der Waals surface area contributed by atoms with Crippen LogP contribution in [0.1, 0.15) is 5.56 Å². The number of carbonyl (C=O) groups excluding carboxylic acids is 1. The zero-order chi connectivity index (χ0) is 13.5. The van der Waals surface area contributed by atoms with Gasteiger partial charge in [0.2, 0.25) is 5.91 Å². The molecule has 2 N–H and O–H groups in total. The van der Waals surface area contributed by atoms with Gasteiger partial charge in [0.25, 0.3) is 0 Å². The quantitative estimate of drug-likeness (QED) is 0.788. The molecule has 1 atom stereocenters. The maximum Gasteiger partial charge on any atom is 0.224 e. The smallest absolute Gasteiger partial charge is 0.224 e. The van der Waals surface area contributed by atoms with Gasteiger partial charge in [0.05, 0.1) is 25.7 Å². The van der Waals surface area contributed by atoms with E-state index in [0.29, 0.717) is 5.56 Å². The molecule has 0 heterocycles. The highest BCUT2D eigenvalue weighted by atomic mass is 19.2. The number of ether oxygens (including phenoxy) is 1. The van der Waals surface area contributed by atoms with Crippen LogP contribution in [-0.4, -0.2) is 37.4 Å². The standard InChI is InChI=1S/C12H15F2NO3/c1-18-7-9(6-16)15-12(17)5-8-2-3-10(13)11(14)4-8/h2-4,9,16H,5-7H2,1H3,(H,15,17). The fraction of sp³-hybridized carbons (Fsp3) is 0.417. The average molecular weight is 259 g/mol. The molecule has 0 bridgehead atoms. The van der Waals surface area contributed by atoms with Crippen LogP contribution in [0.3, 0.4) is 0 Å². The summed E-state index contributed by atoms with van der Waals surface area (Å²) in [4.78, 5) is 11.6. The van der Waals surface area contributed by atoms with Crippen molar-refractivity contribution in [3.8, 4) is 0 Å². The number of aliphatic hydroxyl groups excluding tert-OH is 1. The van der Waals surface area contributed by atoms with Crippen LogP contribution in [0.4, 0.5) is 8.78 Å². The van der Waals surface area contributed by atoms with E-state index in [0.717, 1.165) is 12.1 Å². The predicted molar refractivity (Wildman–Crippen MR) is 61.0 cm³/mol. The van der Waals surface area contributed by atoms with Gasteiger partial charge in [0, 0.05) is 7.11 Å². The number of amides is 1. The van der Waals surface area contributed by atoms with Crippen molar-refractivity contribution in [2.45, 2.75) is 12.5 Å². The largest absolute Gasteiger partial charge is 0.394 e. The maximum absolute atomic E-state index is 12.9. The summed E-state index contributed by atoms with van der Waals surface area (Å²) in [5.74, 6) is -2.33. The Morgan fingerprint density at radius 3 is 2.72 bits per heavy atom. The van der Waals surface area contributed by atoms with Gasteiger partial charge >= 0.3 is 0 Å². The first-order valence-corrected chi connectivity index (χ1v) is 5.40. The minimum atomic E-state index is -0.990. The van der Waals surface area contributed by atoms with Crippen LogP contribution < -0.4 is 5.32 Å². The molecule has 1 rings (SSSR count). The monoisotopic (exact) mass is 259 g/mol. The van der Waals surface area contributed by atoms with Crippen LogP contribution in [0.5, 0.6) is 0 Å². The van der Waals surface area contributed by atoms with Gasteiger partial charge in [0.1, 0.15) is 0 Å². The SMILES string of the molecule is COCC(CO)NC(=O)Cc1ccc(F)c(F)c1. The Bertz CT molecular complexity index is 412. The molecule has 0 saturated heterocycles. The van der Waals surface area contributed by atoms with E-state index in [9.17, 15) is 13.6 Å². The Morgan fingerprint density at radius 1 is 1.44 bits per heavy atom. The summed E-state index contributed by atoms with van der Waals surface area (Å²) in [7, 11) is 1.45. The molecule has 1 aromatic rings. The molecule has 0 aliphatic rings. The molecule has 0 fully saturated rings. The summed E-state index contributed by atoms with van der Waals surface area (Å²) in [5, 5.41) is 11.5. The van der Waals surface area contributed by atoms with Crippen molar-refractivity contribution in [3.05, 3.63) is 35.4 Å². The summed E-state index contributed by atoms with van der Waals surface area (Å²) >= 11 is 0. The lowest BCUT2D eigenvalue weighted by Gasteiger charge is -2.15. The zero-order valence-electron chi connectivity index (χ0n) is 9.95. The highest BCUT2D eigenvalue weighted by Gasteiger charge is 2.12. The molecule has 18 heavy (non-hydrogen) atoms. The van der Waals surface area contributed by atoms with E-state index in [1.807, 2.05) is 0 Å². The fourth-order valence-electron chi connectivity index (χ4n) is 1.45. The second-order valence-corrected chi connectivity index (χ2v) is 3.83. The van der Waals surface area contributed by atoms with Gasteiger partial charge in [-0.1, -0.05) is 6.07 Å². The lowest BCUT2D eigenvalue weighted by Crippen LogP contribution is -2.41. The predicted octanol–water partition coefficient (Wildman–Crippen LogP) is 0.631. The molecule has 100 valence electrons. The molecule has 6 heteroatoms. The summed E-state index contributed by atoms with van der Waals surface area (Å²) in [6, 6.07) is 2.77. The fourth-order valence-corrected chi connectivity index (χ4v) is 1.45. The van der Waals surface area contributed by atoms with Crippen LogP contribution >= 0.6 is 0 Å². The minimum Gasteiger partial charge on any atom is -0.394 e. The van der Waals surface area contributed by atoms with Gasteiger partial charge in [-0.15, -0.1) is 0 Å². The highest BCUT2D eigenvalue weighted by Crippen LogP contribution is 2.09. The van der Waals surface area contributed by atoms with E-state index < -0.39 is 23.6 Å². The Morgan fingerprint density at radius 2 is 2.17 bits per heavy atom. The van der Waals surface area contributed by atoms with Gasteiger partial charge in [0.15, 0.2) is 11.6 Å². The zero-order valence-corrected chi connectivity index (χ0v) is 9.95. The van der Waals surface area contributed by atoms with Crippen molar-refractivity contribution in [1.29, 1.82) is 0 Å². The molecule has 0 saturated carbocycles. The van der Waals surface area contributed by atoms with Crippen molar-refractivity contribution in [2.75, 3.05) is 20.3 Å². The Hall–Kier alpha value is -1.53. The minimum absolute atomic E-state index is 0.0859. The number of halogens is 2. The van der Waals surface area contributed by atoms with Crippen molar-refractivity contribution in [2.24, 2.45) is 0 Å². The number of nitrogens with one attached hydrogen (secondary N) is 1. The van der Waals surface area contributed by atoms with Gasteiger partial charge in [-0.25, -0.2) is 8.78 Å². The first kappa shape index (κ1) is 14.5. The maximum atomic E-state index is 12.9. The summed E-state index contributed by atoms with van der Waals surface area (Å²) < 4.78 is 30.4. The number of rotatable bonds is 6. The van der Waals surface area contributed by atoms with Crippen LogP contribution in [0.15, 0.2) is 18.2 Å². The van der Waals surface area contributed by atoms with Crippen LogP contribution in [0, 0.1) is 11.6 Å². The van der Waals surface area contributed by atoms with Crippen LogP contribution in [0.2, 0.25) is 0 Å². The third kappa shape index (κ3) is 4.38. The highest BCUT2D eigenvalue weighted by molar-refractivity contribution is 5.78. The molecule has 1 amide bonds. The normalized spacial score (nSPS) is 12.2. The van der Waals surface area contributed by atoms with Crippen molar-refractivity contribution >= 4 is 5.91 Å². The second kappa shape index (κ2) is 7.03. The van der Waals surface area contributed by atoms with E-state index in [4.69, 9.17) is 9.84 Å². The van der Waals surface area contributed by atoms with Gasteiger partial charge in [-0.05, 0) is 17.7 Å². The summed E-state index contributed by atoms with van der Waals surface area (Å²) in [6.45, 7) is -0.0720. The third-order valence-electron chi connectivity index (χ3n) is 2.30. The Labute approximate surface area is 104 Å². The molecular formula is C12H15F2NO3. The molecule has 0 aliphatic carbocycles. The van der Waals surface area contributed by atoms with E-state index in [2.05, 4.69) is 5.32 Å². The summed E-state index contributed by atoms with van der Waals surface area (Å²) in [6.07, 6.45) is -0.0859. The van der Waals surface area contributed by atoms with Gasteiger partial charge < -0.3 is 15.2 Å². The molecule has 0 aliphatic heterocycles. The number of aliphatic hydroxyl groups is 1. The number of methoxy groups -OCH3 is 1. The third-order valence-corrected chi connectivity index (χ3v) is 2.30. The molecule has 0 spiro atoms. The topological polar surface area (TPSA) is 58.6 Å². The molecule has 0 radical (unpaired) electrons. The van der Waals surface area contributed by atoms with E-state index >= 15 is 0 Å². The molecule has 1 unspecified atom stereocenters. The second-order valence-electron chi connectivity index (χ2n) is 3.83. The molecule has 4 nitrogen and oxygen atoms in total. The Balaban J connectivity index is 2.55. The van der Waals surface area contributed by atoms with E-state index in [1.165, 1.54) is 13.2 Å². The van der Waals surface area contributed by atoms with Crippen molar-refractivity contribution in [1.82, 2.24) is 5.32 Å². The van der Waals surface area contributed by atoms with Gasteiger partial charge in [-0.2, -0.15) is 0 Å². The first-order valence-electron chi connectivity index (χ1n) is 5.40. The number of benzene rings is 1. The van der Waals surface area contributed by atoms with Crippen molar-refractivity contribution in [3.63, 3.8) is 0 Å². The number of carbonyl (C=O) groups is 1. The van der Waals surface area contributed by atoms with Crippen molar-refractivity contribution < 1.29 is 23.4 Å². The van der Waals surface area contributed by atoms with Crippen LogP contribution in [0.25, 0.3) is 0 Å². The molecular weight excluding hydrogens is 244 g/mol.